The normalized spacial score (nSPS) is 23.8. The van der Waals surface area contributed by atoms with Crippen LogP contribution in [0.1, 0.15) is 26.2 Å². The van der Waals surface area contributed by atoms with Crippen LogP contribution in [-0.4, -0.2) is 43.6 Å². The monoisotopic (exact) mass is 304 g/mol. The lowest BCUT2D eigenvalue weighted by molar-refractivity contribution is -0.173. The van der Waals surface area contributed by atoms with Crippen LogP contribution in [0.2, 0.25) is 0 Å². The number of esters is 1. The molecule has 1 heterocycles. The van der Waals surface area contributed by atoms with E-state index >= 15 is 0 Å². The van der Waals surface area contributed by atoms with Gasteiger partial charge in [-0.1, -0.05) is 6.08 Å². The Morgan fingerprint density at radius 3 is 2.55 bits per heavy atom. The number of allylic oxidation sites excluding steroid dienone is 1. The van der Waals surface area contributed by atoms with Crippen molar-refractivity contribution in [3.63, 3.8) is 0 Å². The van der Waals surface area contributed by atoms with Gasteiger partial charge in [0.1, 0.15) is 0 Å². The first-order valence-corrected chi connectivity index (χ1v) is 8.34. The van der Waals surface area contributed by atoms with Crippen molar-refractivity contribution in [3.8, 4) is 0 Å². The van der Waals surface area contributed by atoms with Crippen LogP contribution < -0.4 is 0 Å². The van der Waals surface area contributed by atoms with Crippen molar-refractivity contribution in [2.75, 3.05) is 18.1 Å². The summed E-state index contributed by atoms with van der Waals surface area (Å²) >= 11 is 0. The molecular weight excluding hydrogens is 284 g/mol. The molecule has 1 fully saturated rings. The summed E-state index contributed by atoms with van der Waals surface area (Å²) in [5, 5.41) is 9.55. The number of rotatable bonds is 7. The summed E-state index contributed by atoms with van der Waals surface area (Å²) in [4.78, 5) is 23.9. The van der Waals surface area contributed by atoms with E-state index in [0.29, 0.717) is 6.42 Å². The largest absolute Gasteiger partial charge is 0.480 e. The molecule has 0 aliphatic carbocycles. The molecule has 0 spiro atoms. The second-order valence-electron chi connectivity index (χ2n) is 4.92. The minimum absolute atomic E-state index is 0.00481. The second kappa shape index (κ2) is 6.39. The Morgan fingerprint density at radius 1 is 1.50 bits per heavy atom. The molecule has 1 aliphatic heterocycles. The molecule has 20 heavy (non-hydrogen) atoms. The average Bonchev–Trinajstić information content (AvgIpc) is 2.71. The lowest BCUT2D eigenvalue weighted by Gasteiger charge is -2.31. The molecule has 114 valence electrons. The summed E-state index contributed by atoms with van der Waals surface area (Å²) < 4.78 is 28.1. The molecule has 0 bridgehead atoms. The van der Waals surface area contributed by atoms with Crippen molar-refractivity contribution >= 4 is 21.8 Å². The fraction of sp³-hybridized carbons (Fsp3) is 0.692. The molecule has 1 aliphatic rings. The molecule has 1 rings (SSSR count). The molecule has 0 radical (unpaired) electrons. The van der Waals surface area contributed by atoms with Crippen molar-refractivity contribution in [1.82, 2.24) is 0 Å². The van der Waals surface area contributed by atoms with Gasteiger partial charge in [0.2, 0.25) is 0 Å². The molecular formula is C13H20O6S. The Kier molecular flexibility index (Phi) is 5.33. The van der Waals surface area contributed by atoms with Gasteiger partial charge in [0.05, 0.1) is 18.1 Å². The van der Waals surface area contributed by atoms with Gasteiger partial charge in [0, 0.05) is 5.92 Å². The molecule has 1 N–H and O–H groups in total. The molecule has 0 saturated carbocycles. The highest BCUT2D eigenvalue weighted by atomic mass is 32.2. The van der Waals surface area contributed by atoms with Gasteiger partial charge in [-0.2, -0.15) is 0 Å². The Hall–Kier alpha value is -1.37. The van der Waals surface area contributed by atoms with Gasteiger partial charge < -0.3 is 9.84 Å². The number of carbonyl (C=O) groups excluding carboxylic acids is 1. The third-order valence-corrected chi connectivity index (χ3v) is 5.46. The topological polar surface area (TPSA) is 97.7 Å². The highest BCUT2D eigenvalue weighted by molar-refractivity contribution is 7.91. The summed E-state index contributed by atoms with van der Waals surface area (Å²) in [7, 11) is -3.28. The Bertz CT molecular complexity index is 495. The minimum Gasteiger partial charge on any atom is -0.480 e. The fourth-order valence-electron chi connectivity index (χ4n) is 2.61. The molecule has 7 heteroatoms. The first-order valence-electron chi connectivity index (χ1n) is 6.52. The van der Waals surface area contributed by atoms with E-state index in [2.05, 4.69) is 6.58 Å². The number of sulfone groups is 1. The maximum absolute atomic E-state index is 12.2. The minimum atomic E-state index is -3.28. The van der Waals surface area contributed by atoms with Crippen LogP contribution in [0.15, 0.2) is 12.7 Å². The number of ether oxygens (including phenoxy) is 1. The van der Waals surface area contributed by atoms with Gasteiger partial charge in [-0.15, -0.1) is 6.58 Å². The molecule has 2 unspecified atom stereocenters. The number of aliphatic carboxylic acids is 1. The second-order valence-corrected chi connectivity index (χ2v) is 7.15. The van der Waals surface area contributed by atoms with Gasteiger partial charge >= 0.3 is 11.9 Å². The van der Waals surface area contributed by atoms with Crippen LogP contribution in [0.5, 0.6) is 0 Å². The number of carboxylic acids is 1. The van der Waals surface area contributed by atoms with Crippen molar-refractivity contribution in [2.24, 2.45) is 11.3 Å². The highest BCUT2D eigenvalue weighted by Gasteiger charge is 2.56. The lowest BCUT2D eigenvalue weighted by atomic mass is 9.71. The highest BCUT2D eigenvalue weighted by Crippen LogP contribution is 2.41. The maximum atomic E-state index is 12.2. The number of carboxylic acid groups (broad SMARTS) is 1. The standard InChI is InChI=1S/C13H20O6S/c1-3-5-7-13(11(14)15,12(16)19-4-2)10-6-8-20(17,18)9-10/h3,10H,1,4-9H2,2H3,(H,14,15). The maximum Gasteiger partial charge on any atom is 0.323 e. The van der Waals surface area contributed by atoms with E-state index in [0.717, 1.165) is 0 Å². The Balaban J connectivity index is 3.19. The quantitative estimate of drug-likeness (QED) is 0.428. The van der Waals surface area contributed by atoms with Gasteiger partial charge in [-0.3, -0.25) is 9.59 Å². The summed E-state index contributed by atoms with van der Waals surface area (Å²) in [6, 6.07) is 0. The Morgan fingerprint density at radius 2 is 2.15 bits per heavy atom. The summed E-state index contributed by atoms with van der Waals surface area (Å²) in [5.74, 6) is -3.28. The number of hydrogen-bond acceptors (Lipinski definition) is 5. The summed E-state index contributed by atoms with van der Waals surface area (Å²) in [5.41, 5.74) is -1.80. The zero-order valence-electron chi connectivity index (χ0n) is 11.5. The van der Waals surface area contributed by atoms with E-state index < -0.39 is 33.1 Å². The molecule has 0 aromatic carbocycles. The van der Waals surface area contributed by atoms with Gasteiger partial charge in [-0.05, 0) is 26.2 Å². The van der Waals surface area contributed by atoms with E-state index in [1.807, 2.05) is 0 Å². The predicted molar refractivity (Wildman–Crippen MR) is 72.9 cm³/mol. The molecule has 2 atom stereocenters. The first-order chi connectivity index (χ1) is 9.30. The van der Waals surface area contributed by atoms with E-state index in [-0.39, 0.29) is 31.0 Å². The SMILES string of the molecule is C=CCCC(C(=O)O)(C(=O)OCC)C1CCS(=O)(=O)C1. The molecule has 1 saturated heterocycles. The third kappa shape index (κ3) is 3.20. The molecule has 0 aromatic rings. The van der Waals surface area contributed by atoms with Gasteiger partial charge in [0.15, 0.2) is 15.3 Å². The van der Waals surface area contributed by atoms with Crippen LogP contribution in [0.3, 0.4) is 0 Å². The van der Waals surface area contributed by atoms with Crippen LogP contribution >= 0.6 is 0 Å². The zero-order chi connectivity index (χ0) is 15.4. The zero-order valence-corrected chi connectivity index (χ0v) is 12.3. The Labute approximate surface area is 118 Å². The van der Waals surface area contributed by atoms with Crippen LogP contribution in [0.4, 0.5) is 0 Å². The molecule has 6 nitrogen and oxygen atoms in total. The summed E-state index contributed by atoms with van der Waals surface area (Å²) in [6.45, 7) is 5.16. The summed E-state index contributed by atoms with van der Waals surface area (Å²) in [6.07, 6.45) is 2.00. The van der Waals surface area contributed by atoms with E-state index in [9.17, 15) is 23.1 Å². The fourth-order valence-corrected chi connectivity index (χ4v) is 4.49. The van der Waals surface area contributed by atoms with Crippen LogP contribution in [0, 0.1) is 11.3 Å². The predicted octanol–water partition coefficient (Wildman–Crippen LogP) is 1.02. The van der Waals surface area contributed by atoms with Gasteiger partial charge in [-0.25, -0.2) is 8.42 Å². The third-order valence-electron chi connectivity index (χ3n) is 3.69. The van der Waals surface area contributed by atoms with Gasteiger partial charge in [0.25, 0.3) is 0 Å². The molecule has 0 amide bonds. The first kappa shape index (κ1) is 16.7. The average molecular weight is 304 g/mol. The number of hydrogen-bond donors (Lipinski definition) is 1. The van der Waals surface area contributed by atoms with Crippen molar-refractivity contribution < 1.29 is 27.9 Å². The smallest absolute Gasteiger partial charge is 0.323 e. The number of carbonyl (C=O) groups is 2. The van der Waals surface area contributed by atoms with Crippen LogP contribution in [0.25, 0.3) is 0 Å². The van der Waals surface area contributed by atoms with Crippen molar-refractivity contribution in [1.29, 1.82) is 0 Å². The lowest BCUT2D eigenvalue weighted by Crippen LogP contribution is -2.47. The molecule has 0 aromatic heterocycles. The van der Waals surface area contributed by atoms with Crippen molar-refractivity contribution in [2.45, 2.75) is 26.2 Å². The van der Waals surface area contributed by atoms with Crippen LogP contribution in [-0.2, 0) is 24.2 Å². The van der Waals surface area contributed by atoms with E-state index in [4.69, 9.17) is 4.74 Å². The van der Waals surface area contributed by atoms with E-state index in [1.54, 1.807) is 6.92 Å². The van der Waals surface area contributed by atoms with Crippen molar-refractivity contribution in [3.05, 3.63) is 12.7 Å². The van der Waals surface area contributed by atoms with E-state index in [1.165, 1.54) is 6.08 Å².